The van der Waals surface area contributed by atoms with Crippen LogP contribution in [0.2, 0.25) is 0 Å². The molecule has 17 heavy (non-hydrogen) atoms. The Labute approximate surface area is 103 Å². The smallest absolute Gasteiger partial charge is 0.0702 e. The highest BCUT2D eigenvalue weighted by Crippen LogP contribution is 2.21. The van der Waals surface area contributed by atoms with Crippen LogP contribution >= 0.6 is 0 Å². The molecule has 0 saturated heterocycles. The summed E-state index contributed by atoms with van der Waals surface area (Å²) in [7, 11) is 0. The van der Waals surface area contributed by atoms with Gasteiger partial charge in [-0.25, -0.2) is 0 Å². The van der Waals surface area contributed by atoms with Crippen molar-refractivity contribution < 1.29 is 5.11 Å². The summed E-state index contributed by atoms with van der Waals surface area (Å²) < 4.78 is 0. The van der Waals surface area contributed by atoms with E-state index in [-0.39, 0.29) is 6.61 Å². The molecule has 1 rings (SSSR count). The molecule has 1 aromatic rings. The monoisotopic (exact) mass is 232 g/mol. The molecule has 3 nitrogen and oxygen atoms in total. The van der Waals surface area contributed by atoms with Gasteiger partial charge in [0.15, 0.2) is 0 Å². The van der Waals surface area contributed by atoms with Gasteiger partial charge in [-0.2, -0.15) is 5.26 Å². The van der Waals surface area contributed by atoms with Gasteiger partial charge in [0, 0.05) is 24.3 Å². The van der Waals surface area contributed by atoms with Crippen molar-refractivity contribution in [3.05, 3.63) is 29.8 Å². The molecular formula is C14H20N2O. The number of nitriles is 1. The maximum absolute atomic E-state index is 9.34. The average molecular weight is 232 g/mol. The second-order valence-electron chi connectivity index (χ2n) is 4.53. The summed E-state index contributed by atoms with van der Waals surface area (Å²) in [5, 5.41) is 18.0. The molecule has 0 atom stereocenters. The summed E-state index contributed by atoms with van der Waals surface area (Å²) in [6, 6.07) is 10.00. The lowest BCUT2D eigenvalue weighted by Gasteiger charge is -2.27. The minimum atomic E-state index is 0.0390. The minimum Gasteiger partial charge on any atom is -0.392 e. The Kier molecular flexibility index (Phi) is 5.51. The number of rotatable bonds is 6. The Morgan fingerprint density at radius 2 is 2.06 bits per heavy atom. The molecule has 0 aliphatic rings. The third kappa shape index (κ3) is 4.08. The number of nitrogens with zero attached hydrogens (tertiary/aromatic N) is 2. The number of hydrogen-bond donors (Lipinski definition) is 1. The number of para-hydroxylation sites is 1. The molecule has 0 fully saturated rings. The van der Waals surface area contributed by atoms with Crippen LogP contribution in [0.25, 0.3) is 0 Å². The Morgan fingerprint density at radius 1 is 1.35 bits per heavy atom. The van der Waals surface area contributed by atoms with E-state index in [1.807, 2.05) is 24.3 Å². The molecule has 0 heterocycles. The normalized spacial score (nSPS) is 10.3. The summed E-state index contributed by atoms with van der Waals surface area (Å²) >= 11 is 0. The minimum absolute atomic E-state index is 0.0390. The van der Waals surface area contributed by atoms with Gasteiger partial charge in [-0.1, -0.05) is 32.0 Å². The van der Waals surface area contributed by atoms with Gasteiger partial charge in [0.1, 0.15) is 0 Å². The molecule has 1 aromatic carbocycles. The Balaban J connectivity index is 2.91. The zero-order chi connectivity index (χ0) is 12.7. The first-order valence-corrected chi connectivity index (χ1v) is 5.99. The number of hydrogen-bond acceptors (Lipinski definition) is 3. The van der Waals surface area contributed by atoms with Crippen LogP contribution in [0.1, 0.15) is 25.8 Å². The van der Waals surface area contributed by atoms with Crippen molar-refractivity contribution in [2.24, 2.45) is 5.92 Å². The predicted molar refractivity (Wildman–Crippen MR) is 69.6 cm³/mol. The van der Waals surface area contributed by atoms with Crippen molar-refractivity contribution in [1.82, 2.24) is 0 Å². The average Bonchev–Trinajstić information content (AvgIpc) is 2.34. The quantitative estimate of drug-likeness (QED) is 0.820. The topological polar surface area (TPSA) is 47.3 Å². The van der Waals surface area contributed by atoms with E-state index >= 15 is 0 Å². The lowest BCUT2D eigenvalue weighted by Crippen LogP contribution is -2.29. The van der Waals surface area contributed by atoms with E-state index in [2.05, 4.69) is 24.8 Å². The fourth-order valence-electron chi connectivity index (χ4n) is 1.89. The van der Waals surface area contributed by atoms with Gasteiger partial charge in [0.2, 0.25) is 0 Å². The highest BCUT2D eigenvalue weighted by atomic mass is 16.3. The fraction of sp³-hybridized carbons (Fsp3) is 0.500. The fourth-order valence-corrected chi connectivity index (χ4v) is 1.89. The van der Waals surface area contributed by atoms with E-state index in [1.165, 1.54) is 0 Å². The van der Waals surface area contributed by atoms with E-state index in [4.69, 9.17) is 5.26 Å². The van der Waals surface area contributed by atoms with Crippen molar-refractivity contribution >= 4 is 5.69 Å². The molecule has 0 spiro atoms. The molecule has 0 amide bonds. The van der Waals surface area contributed by atoms with Gasteiger partial charge in [-0.3, -0.25) is 0 Å². The van der Waals surface area contributed by atoms with Gasteiger partial charge in [0.05, 0.1) is 19.1 Å². The predicted octanol–water partition coefficient (Wildman–Crippen LogP) is 2.55. The second kappa shape index (κ2) is 6.93. The molecular weight excluding hydrogens is 212 g/mol. The highest BCUT2D eigenvalue weighted by molar-refractivity contribution is 5.53. The Hall–Kier alpha value is -1.53. The van der Waals surface area contributed by atoms with Crippen molar-refractivity contribution in [1.29, 1.82) is 5.26 Å². The number of benzene rings is 1. The molecule has 0 saturated carbocycles. The first-order valence-electron chi connectivity index (χ1n) is 5.99. The zero-order valence-corrected chi connectivity index (χ0v) is 10.6. The van der Waals surface area contributed by atoms with Crippen molar-refractivity contribution in [2.45, 2.75) is 26.9 Å². The second-order valence-corrected chi connectivity index (χ2v) is 4.53. The van der Waals surface area contributed by atoms with Crippen LogP contribution in [0, 0.1) is 17.2 Å². The van der Waals surface area contributed by atoms with Gasteiger partial charge >= 0.3 is 0 Å². The van der Waals surface area contributed by atoms with E-state index in [0.717, 1.165) is 17.8 Å². The molecule has 92 valence electrons. The van der Waals surface area contributed by atoms with Crippen LogP contribution in [0.5, 0.6) is 0 Å². The SMILES string of the molecule is CC(C)CN(CCC#N)c1ccccc1CO. The van der Waals surface area contributed by atoms with E-state index in [0.29, 0.717) is 18.9 Å². The molecule has 0 unspecified atom stereocenters. The van der Waals surface area contributed by atoms with Crippen LogP contribution in [0.4, 0.5) is 5.69 Å². The first kappa shape index (κ1) is 13.5. The van der Waals surface area contributed by atoms with Gasteiger partial charge in [0.25, 0.3) is 0 Å². The van der Waals surface area contributed by atoms with Crippen molar-refractivity contribution in [2.75, 3.05) is 18.0 Å². The zero-order valence-electron chi connectivity index (χ0n) is 10.6. The summed E-state index contributed by atoms with van der Waals surface area (Å²) in [6.45, 7) is 5.96. The Bertz CT molecular complexity index is 382. The lowest BCUT2D eigenvalue weighted by molar-refractivity contribution is 0.282. The van der Waals surface area contributed by atoms with Crippen LogP contribution in [0.3, 0.4) is 0 Å². The van der Waals surface area contributed by atoms with Crippen molar-refractivity contribution in [3.63, 3.8) is 0 Å². The van der Waals surface area contributed by atoms with Crippen molar-refractivity contribution in [3.8, 4) is 6.07 Å². The summed E-state index contributed by atoms with van der Waals surface area (Å²) in [6.07, 6.45) is 0.506. The third-order valence-corrected chi connectivity index (χ3v) is 2.58. The molecule has 0 radical (unpaired) electrons. The Morgan fingerprint density at radius 3 is 2.65 bits per heavy atom. The van der Waals surface area contributed by atoms with Crippen LogP contribution in [0.15, 0.2) is 24.3 Å². The largest absolute Gasteiger partial charge is 0.392 e. The molecule has 0 aliphatic heterocycles. The maximum atomic E-state index is 9.34. The molecule has 3 heteroatoms. The van der Waals surface area contributed by atoms with Gasteiger partial charge < -0.3 is 10.0 Å². The van der Waals surface area contributed by atoms with Crippen LogP contribution < -0.4 is 4.90 Å². The van der Waals surface area contributed by atoms with E-state index in [9.17, 15) is 5.11 Å². The van der Waals surface area contributed by atoms with Gasteiger partial charge in [-0.05, 0) is 12.0 Å². The molecule has 0 aliphatic carbocycles. The maximum Gasteiger partial charge on any atom is 0.0702 e. The summed E-state index contributed by atoms with van der Waals surface area (Å²) in [5.74, 6) is 0.528. The summed E-state index contributed by atoms with van der Waals surface area (Å²) in [5.41, 5.74) is 1.96. The molecule has 0 bridgehead atoms. The molecule has 1 N–H and O–H groups in total. The standard InChI is InChI=1S/C14H20N2O/c1-12(2)10-16(9-5-8-15)14-7-4-3-6-13(14)11-17/h3-4,6-7,12,17H,5,9-11H2,1-2H3. The first-order chi connectivity index (χ1) is 8.19. The van der Waals surface area contributed by atoms with Crippen LogP contribution in [-0.2, 0) is 6.61 Å². The van der Waals surface area contributed by atoms with E-state index in [1.54, 1.807) is 0 Å². The lowest BCUT2D eigenvalue weighted by atomic mass is 10.1. The molecule has 0 aromatic heterocycles. The van der Waals surface area contributed by atoms with Crippen LogP contribution in [-0.4, -0.2) is 18.2 Å². The highest BCUT2D eigenvalue weighted by Gasteiger charge is 2.11. The third-order valence-electron chi connectivity index (χ3n) is 2.58. The number of aliphatic hydroxyl groups is 1. The number of anilines is 1. The van der Waals surface area contributed by atoms with Gasteiger partial charge in [-0.15, -0.1) is 0 Å². The van der Waals surface area contributed by atoms with E-state index < -0.39 is 0 Å². The summed E-state index contributed by atoms with van der Waals surface area (Å²) in [4.78, 5) is 2.18. The number of aliphatic hydroxyl groups excluding tert-OH is 1.